The first-order chi connectivity index (χ1) is 16.6. The van der Waals surface area contributed by atoms with Gasteiger partial charge in [-0.1, -0.05) is 30.3 Å². The molecule has 3 fully saturated rings. The number of epoxide rings is 2. The highest BCUT2D eigenvalue weighted by molar-refractivity contribution is 7.40. The molecule has 0 aromatic rings. The molecule has 34 heavy (non-hydrogen) atoms. The maximum atomic E-state index is 7.55. The topological polar surface area (TPSA) is 52.8 Å². The Balaban J connectivity index is 1.73. The van der Waals surface area contributed by atoms with E-state index in [2.05, 4.69) is 50.6 Å². The lowest BCUT2D eigenvalue weighted by molar-refractivity contribution is 0.00920. The molecule has 2 unspecified atom stereocenters. The highest BCUT2D eigenvalue weighted by Gasteiger charge is 2.60. The molecule has 0 aliphatic carbocycles. The van der Waals surface area contributed by atoms with Crippen LogP contribution in [-0.4, -0.2) is 72.9 Å². The Hall–Kier alpha value is -0.806. The molecule has 2 atom stereocenters. The van der Waals surface area contributed by atoms with Crippen LogP contribution in [0.3, 0.4) is 0 Å². The van der Waals surface area contributed by atoms with Gasteiger partial charge in [-0.05, 0) is 56.3 Å². The van der Waals surface area contributed by atoms with E-state index in [-0.39, 0.29) is 5.60 Å². The van der Waals surface area contributed by atoms with Crippen molar-refractivity contribution in [3.8, 4) is 0 Å². The molecule has 0 spiro atoms. The Kier molecular flexibility index (Phi) is 11.0. The fourth-order valence-corrected chi connectivity index (χ4v) is 22.7. The van der Waals surface area contributed by atoms with Gasteiger partial charge in [0.15, 0.2) is 7.83 Å². The van der Waals surface area contributed by atoms with Gasteiger partial charge in [0, 0.05) is 13.2 Å². The molecule has 0 saturated carbocycles. The minimum absolute atomic E-state index is 0.115. The minimum atomic E-state index is -2.15. The fourth-order valence-electron chi connectivity index (χ4n) is 5.77. The van der Waals surface area contributed by atoms with Crippen LogP contribution in [-0.2, 0) is 23.4 Å². The van der Waals surface area contributed by atoms with Crippen LogP contribution in [0.4, 0.5) is 0 Å². The summed E-state index contributed by atoms with van der Waals surface area (Å²) in [6.45, 7) is 21.3. The Morgan fingerprint density at radius 3 is 1.65 bits per heavy atom. The SMILES string of the molecule is C=CC[Si]1(CC=C)CCC(CCCOCC2CO2)(CCCOCC2CO2)O[Si]1(CC=C)CC=C. The van der Waals surface area contributed by atoms with Gasteiger partial charge in [-0.25, -0.2) is 0 Å². The van der Waals surface area contributed by atoms with Crippen molar-refractivity contribution in [3.63, 3.8) is 0 Å². The van der Waals surface area contributed by atoms with E-state index in [1.807, 2.05) is 0 Å². The fraction of sp³-hybridized carbons (Fsp3) is 0.704. The van der Waals surface area contributed by atoms with Gasteiger partial charge in [-0.3, -0.25) is 0 Å². The molecule has 7 heteroatoms. The number of ether oxygens (including phenoxy) is 4. The lowest BCUT2D eigenvalue weighted by atomic mass is 9.89. The van der Waals surface area contributed by atoms with Crippen LogP contribution in [0.25, 0.3) is 0 Å². The predicted octanol–water partition coefficient (Wildman–Crippen LogP) is 5.75. The summed E-state index contributed by atoms with van der Waals surface area (Å²) in [5.41, 5.74) is -0.115. The standard InChI is InChI=1S/C27H46O5Si2/c1-5-16-33(17-6-2)20-13-27(11-9-14-28-21-25-23-30-25,12-10-15-29-22-26-24-31-26)32-34(33,18-7-3)19-8-4/h5-8,25-26H,1-4,9-24H2. The summed E-state index contributed by atoms with van der Waals surface area (Å²) in [6, 6.07) is 5.43. The van der Waals surface area contributed by atoms with E-state index in [1.165, 1.54) is 6.04 Å². The van der Waals surface area contributed by atoms with Gasteiger partial charge in [0.1, 0.15) is 12.2 Å². The molecule has 3 saturated heterocycles. The van der Waals surface area contributed by atoms with Crippen LogP contribution in [0.15, 0.2) is 50.6 Å². The second kappa shape index (κ2) is 13.5. The second-order valence-electron chi connectivity index (χ2n) is 10.3. The lowest BCUT2D eigenvalue weighted by Crippen LogP contribution is -2.70. The van der Waals surface area contributed by atoms with E-state index in [9.17, 15) is 0 Å². The minimum Gasteiger partial charge on any atom is -0.413 e. The first-order valence-corrected chi connectivity index (χ1v) is 19.0. The number of allylic oxidation sites excluding steroid dienone is 4. The van der Waals surface area contributed by atoms with E-state index in [0.29, 0.717) is 25.4 Å². The van der Waals surface area contributed by atoms with Crippen molar-refractivity contribution in [2.45, 2.75) is 80.1 Å². The van der Waals surface area contributed by atoms with Crippen LogP contribution in [0.5, 0.6) is 0 Å². The van der Waals surface area contributed by atoms with Crippen LogP contribution < -0.4 is 0 Å². The summed E-state index contributed by atoms with van der Waals surface area (Å²) in [7, 11) is -3.93. The van der Waals surface area contributed by atoms with E-state index in [0.717, 1.165) is 82.7 Å². The molecular formula is C27H46O5Si2. The van der Waals surface area contributed by atoms with Gasteiger partial charge in [-0.2, -0.15) is 0 Å². The first kappa shape index (κ1) is 27.8. The molecule has 0 aromatic carbocycles. The molecule has 0 amide bonds. The average molecular weight is 507 g/mol. The summed E-state index contributed by atoms with van der Waals surface area (Å²) in [5.74, 6) is 0. The van der Waals surface area contributed by atoms with E-state index in [4.69, 9.17) is 23.4 Å². The van der Waals surface area contributed by atoms with Crippen molar-refractivity contribution in [1.29, 1.82) is 0 Å². The summed E-state index contributed by atoms with van der Waals surface area (Å²) in [6.07, 6.45) is 14.3. The Morgan fingerprint density at radius 1 is 0.765 bits per heavy atom. The number of hydrogen-bond donors (Lipinski definition) is 0. The van der Waals surface area contributed by atoms with Crippen LogP contribution in [0.1, 0.15) is 32.1 Å². The molecular weight excluding hydrogens is 460 g/mol. The monoisotopic (exact) mass is 506 g/mol. The molecule has 5 nitrogen and oxygen atoms in total. The van der Waals surface area contributed by atoms with Crippen molar-refractivity contribution in [3.05, 3.63) is 50.6 Å². The Labute approximate surface area is 209 Å². The summed E-state index contributed by atoms with van der Waals surface area (Å²) < 4.78 is 29.8. The summed E-state index contributed by atoms with van der Waals surface area (Å²) in [5, 5.41) is 0. The molecule has 3 aliphatic rings. The van der Waals surface area contributed by atoms with Crippen molar-refractivity contribution in [2.24, 2.45) is 0 Å². The molecule has 0 N–H and O–H groups in total. The third-order valence-corrected chi connectivity index (χ3v) is 25.0. The van der Waals surface area contributed by atoms with Crippen molar-refractivity contribution in [1.82, 2.24) is 0 Å². The van der Waals surface area contributed by atoms with Crippen LogP contribution in [0.2, 0.25) is 30.2 Å². The van der Waals surface area contributed by atoms with Crippen LogP contribution >= 0.6 is 0 Å². The highest BCUT2D eigenvalue weighted by Crippen LogP contribution is 2.50. The Bertz CT molecular complexity index is 632. The third-order valence-electron chi connectivity index (χ3n) is 7.71. The molecule has 0 bridgehead atoms. The molecule has 3 rings (SSSR count). The summed E-state index contributed by atoms with van der Waals surface area (Å²) in [4.78, 5) is 0. The number of rotatable bonds is 20. The van der Waals surface area contributed by atoms with Gasteiger partial charge >= 0.3 is 0 Å². The zero-order chi connectivity index (χ0) is 24.3. The molecule has 0 aromatic heterocycles. The predicted molar refractivity (Wildman–Crippen MR) is 144 cm³/mol. The van der Waals surface area contributed by atoms with Gasteiger partial charge < -0.3 is 23.4 Å². The molecule has 3 aliphatic heterocycles. The Morgan fingerprint density at radius 2 is 1.24 bits per heavy atom. The number of hydrogen-bond acceptors (Lipinski definition) is 5. The molecule has 0 radical (unpaired) electrons. The smallest absolute Gasteiger partial charge is 0.188 e. The zero-order valence-electron chi connectivity index (χ0n) is 21.1. The summed E-state index contributed by atoms with van der Waals surface area (Å²) >= 11 is 0. The van der Waals surface area contributed by atoms with Crippen molar-refractivity contribution >= 4 is 15.4 Å². The van der Waals surface area contributed by atoms with E-state index >= 15 is 0 Å². The quantitative estimate of drug-likeness (QED) is 0.0910. The second-order valence-corrected chi connectivity index (χ2v) is 23.1. The van der Waals surface area contributed by atoms with Gasteiger partial charge in [-0.15, -0.1) is 26.3 Å². The van der Waals surface area contributed by atoms with Crippen LogP contribution in [0, 0.1) is 0 Å². The third kappa shape index (κ3) is 7.59. The van der Waals surface area contributed by atoms with E-state index in [1.54, 1.807) is 0 Å². The van der Waals surface area contributed by atoms with Gasteiger partial charge in [0.05, 0.1) is 39.6 Å². The highest BCUT2D eigenvalue weighted by atomic mass is 29.3. The van der Waals surface area contributed by atoms with Gasteiger partial charge in [0.25, 0.3) is 0 Å². The van der Waals surface area contributed by atoms with Crippen molar-refractivity contribution < 1.29 is 23.4 Å². The largest absolute Gasteiger partial charge is 0.413 e. The lowest BCUT2D eigenvalue weighted by Gasteiger charge is -2.57. The van der Waals surface area contributed by atoms with Crippen molar-refractivity contribution in [2.75, 3.05) is 39.6 Å². The molecule has 192 valence electrons. The maximum Gasteiger partial charge on any atom is 0.188 e. The zero-order valence-corrected chi connectivity index (χ0v) is 23.1. The maximum absolute atomic E-state index is 7.55. The first-order valence-electron chi connectivity index (χ1n) is 13.1. The van der Waals surface area contributed by atoms with Gasteiger partial charge in [0.2, 0.25) is 0 Å². The molecule has 3 heterocycles. The average Bonchev–Trinajstić information content (AvgIpc) is 3.73. The van der Waals surface area contributed by atoms with E-state index < -0.39 is 15.4 Å². The normalized spacial score (nSPS) is 28.7.